The van der Waals surface area contributed by atoms with Crippen LogP contribution in [0.2, 0.25) is 0 Å². The number of methoxy groups -OCH3 is 2. The number of carbonyl (C=O) groups is 3. The molecule has 0 unspecified atom stereocenters. The first-order valence-corrected chi connectivity index (χ1v) is 4.39. The number of nitrogens with two attached hydrogens (primary N) is 1. The summed E-state index contributed by atoms with van der Waals surface area (Å²) in [6.45, 7) is -0.394. The van der Waals surface area contributed by atoms with E-state index in [1.54, 1.807) is 0 Å². The zero-order valence-electron chi connectivity index (χ0n) is 9.17. The first-order chi connectivity index (χ1) is 8.01. The Morgan fingerprint density at radius 2 is 1.82 bits per heavy atom. The highest BCUT2D eigenvalue weighted by Gasteiger charge is 2.27. The van der Waals surface area contributed by atoms with Gasteiger partial charge in [0.25, 0.3) is 0 Å². The minimum atomic E-state index is -0.864. The number of esters is 2. The van der Waals surface area contributed by atoms with Crippen LogP contribution in [-0.4, -0.2) is 47.1 Å². The van der Waals surface area contributed by atoms with Crippen molar-refractivity contribution in [1.82, 2.24) is 15.0 Å². The number of ether oxygens (including phenoxy) is 2. The molecule has 0 atom stereocenters. The van der Waals surface area contributed by atoms with Crippen LogP contribution in [0, 0.1) is 0 Å². The molecule has 2 N–H and O–H groups in total. The molecular weight excluding hydrogens is 232 g/mol. The Hall–Kier alpha value is -2.45. The standard InChI is InChI=1S/C8H10N4O5/c1-16-7(14)5-6(8(15)17-2)12(11-10-5)3-4(9)13/h3H2,1-2H3,(H2,9,13). The number of rotatable bonds is 4. The van der Waals surface area contributed by atoms with E-state index in [0.29, 0.717) is 0 Å². The van der Waals surface area contributed by atoms with E-state index in [1.807, 2.05) is 0 Å². The maximum absolute atomic E-state index is 11.4. The lowest BCUT2D eigenvalue weighted by atomic mass is 10.3. The van der Waals surface area contributed by atoms with E-state index in [2.05, 4.69) is 19.8 Å². The van der Waals surface area contributed by atoms with Gasteiger partial charge in [0.2, 0.25) is 11.6 Å². The number of hydrogen-bond acceptors (Lipinski definition) is 7. The highest BCUT2D eigenvalue weighted by molar-refractivity contribution is 6.00. The summed E-state index contributed by atoms with van der Waals surface area (Å²) in [4.78, 5) is 33.5. The van der Waals surface area contributed by atoms with Crippen molar-refractivity contribution in [2.24, 2.45) is 5.73 Å². The molecule has 1 amide bonds. The summed E-state index contributed by atoms with van der Waals surface area (Å²) < 4.78 is 9.74. The quantitative estimate of drug-likeness (QED) is 0.625. The second-order valence-corrected chi connectivity index (χ2v) is 2.89. The molecule has 0 aliphatic rings. The molecule has 0 spiro atoms. The van der Waals surface area contributed by atoms with Crippen LogP contribution in [0.3, 0.4) is 0 Å². The zero-order valence-corrected chi connectivity index (χ0v) is 9.17. The molecule has 1 rings (SSSR count). The Kier molecular flexibility index (Phi) is 3.75. The third-order valence-corrected chi connectivity index (χ3v) is 1.80. The average Bonchev–Trinajstić information content (AvgIpc) is 2.69. The smallest absolute Gasteiger partial charge is 0.361 e. The number of aromatic nitrogens is 3. The van der Waals surface area contributed by atoms with E-state index < -0.39 is 24.4 Å². The fraction of sp³-hybridized carbons (Fsp3) is 0.375. The van der Waals surface area contributed by atoms with Gasteiger partial charge in [-0.15, -0.1) is 5.10 Å². The molecule has 0 saturated heterocycles. The maximum atomic E-state index is 11.4. The second-order valence-electron chi connectivity index (χ2n) is 2.89. The van der Waals surface area contributed by atoms with Gasteiger partial charge in [-0.25, -0.2) is 14.3 Å². The lowest BCUT2D eigenvalue weighted by Crippen LogP contribution is -2.24. The van der Waals surface area contributed by atoms with Crippen LogP contribution in [0.15, 0.2) is 0 Å². The topological polar surface area (TPSA) is 126 Å². The first kappa shape index (κ1) is 12.6. The van der Waals surface area contributed by atoms with Gasteiger partial charge in [0.05, 0.1) is 14.2 Å². The summed E-state index contributed by atoms with van der Waals surface area (Å²) >= 11 is 0. The molecule has 0 bridgehead atoms. The summed E-state index contributed by atoms with van der Waals surface area (Å²) in [5, 5.41) is 6.90. The normalized spacial score (nSPS) is 9.76. The van der Waals surface area contributed by atoms with Crippen molar-refractivity contribution in [3.05, 3.63) is 11.4 Å². The Bertz CT molecular complexity index is 466. The van der Waals surface area contributed by atoms with Crippen molar-refractivity contribution in [2.45, 2.75) is 6.54 Å². The van der Waals surface area contributed by atoms with Crippen LogP contribution in [-0.2, 0) is 20.8 Å². The van der Waals surface area contributed by atoms with Gasteiger partial charge in [0.15, 0.2) is 5.69 Å². The molecule has 0 fully saturated rings. The SMILES string of the molecule is COC(=O)c1nnn(CC(N)=O)c1C(=O)OC. The summed E-state index contributed by atoms with van der Waals surface area (Å²) in [6, 6.07) is 0. The molecule has 9 heteroatoms. The van der Waals surface area contributed by atoms with E-state index in [9.17, 15) is 14.4 Å². The van der Waals surface area contributed by atoms with E-state index in [-0.39, 0.29) is 11.4 Å². The van der Waals surface area contributed by atoms with Gasteiger partial charge < -0.3 is 15.2 Å². The number of amides is 1. The molecule has 0 saturated carbocycles. The first-order valence-electron chi connectivity index (χ1n) is 4.39. The summed E-state index contributed by atoms with van der Waals surface area (Å²) in [7, 11) is 2.24. The minimum Gasteiger partial charge on any atom is -0.464 e. The van der Waals surface area contributed by atoms with E-state index >= 15 is 0 Å². The van der Waals surface area contributed by atoms with Crippen LogP contribution in [0.4, 0.5) is 0 Å². The van der Waals surface area contributed by atoms with Crippen LogP contribution in [0.5, 0.6) is 0 Å². The van der Waals surface area contributed by atoms with Crippen molar-refractivity contribution in [2.75, 3.05) is 14.2 Å². The second kappa shape index (κ2) is 5.05. The maximum Gasteiger partial charge on any atom is 0.361 e. The molecule has 0 aliphatic carbocycles. The highest BCUT2D eigenvalue weighted by Crippen LogP contribution is 2.08. The van der Waals surface area contributed by atoms with Gasteiger partial charge in [-0.05, 0) is 0 Å². The van der Waals surface area contributed by atoms with Gasteiger partial charge in [-0.1, -0.05) is 5.21 Å². The fourth-order valence-corrected chi connectivity index (χ4v) is 1.10. The molecule has 1 aromatic rings. The average molecular weight is 242 g/mol. The van der Waals surface area contributed by atoms with E-state index in [4.69, 9.17) is 5.73 Å². The minimum absolute atomic E-state index is 0.279. The molecular formula is C8H10N4O5. The number of carbonyl (C=O) groups excluding carboxylic acids is 3. The van der Waals surface area contributed by atoms with Crippen LogP contribution < -0.4 is 5.73 Å². The van der Waals surface area contributed by atoms with Crippen molar-refractivity contribution >= 4 is 17.8 Å². The van der Waals surface area contributed by atoms with Gasteiger partial charge in [0, 0.05) is 0 Å². The predicted molar refractivity (Wildman–Crippen MR) is 51.9 cm³/mol. The lowest BCUT2D eigenvalue weighted by molar-refractivity contribution is -0.118. The highest BCUT2D eigenvalue weighted by atomic mass is 16.5. The Balaban J connectivity index is 3.24. The zero-order chi connectivity index (χ0) is 13.0. The van der Waals surface area contributed by atoms with Crippen molar-refractivity contribution < 1.29 is 23.9 Å². The van der Waals surface area contributed by atoms with Gasteiger partial charge >= 0.3 is 11.9 Å². The summed E-state index contributed by atoms with van der Waals surface area (Å²) in [5.74, 6) is -2.46. The Morgan fingerprint density at radius 1 is 1.24 bits per heavy atom. The predicted octanol–water partition coefficient (Wildman–Crippen LogP) is -1.66. The lowest BCUT2D eigenvalue weighted by Gasteiger charge is -2.03. The molecule has 17 heavy (non-hydrogen) atoms. The number of nitrogens with zero attached hydrogens (tertiary/aromatic N) is 3. The summed E-state index contributed by atoms with van der Waals surface area (Å²) in [5.41, 5.74) is 4.34. The van der Waals surface area contributed by atoms with Crippen LogP contribution in [0.25, 0.3) is 0 Å². The number of primary amides is 1. The third-order valence-electron chi connectivity index (χ3n) is 1.80. The van der Waals surface area contributed by atoms with Gasteiger partial charge in [-0.2, -0.15) is 0 Å². The largest absolute Gasteiger partial charge is 0.464 e. The van der Waals surface area contributed by atoms with Crippen molar-refractivity contribution in [3.63, 3.8) is 0 Å². The van der Waals surface area contributed by atoms with Crippen molar-refractivity contribution in [3.8, 4) is 0 Å². The molecule has 9 nitrogen and oxygen atoms in total. The molecule has 1 heterocycles. The molecule has 1 aromatic heterocycles. The third kappa shape index (κ3) is 2.56. The molecule has 0 radical (unpaired) electrons. The molecule has 0 aromatic carbocycles. The molecule has 92 valence electrons. The van der Waals surface area contributed by atoms with Gasteiger partial charge in [0.1, 0.15) is 6.54 Å². The summed E-state index contributed by atoms with van der Waals surface area (Å²) in [6.07, 6.45) is 0. The van der Waals surface area contributed by atoms with Gasteiger partial charge in [-0.3, -0.25) is 4.79 Å². The van der Waals surface area contributed by atoms with Crippen molar-refractivity contribution in [1.29, 1.82) is 0 Å². The van der Waals surface area contributed by atoms with Crippen LogP contribution in [0.1, 0.15) is 21.0 Å². The fourth-order valence-electron chi connectivity index (χ4n) is 1.10. The Morgan fingerprint density at radius 3 is 2.29 bits per heavy atom. The van der Waals surface area contributed by atoms with E-state index in [1.165, 1.54) is 0 Å². The molecule has 0 aliphatic heterocycles. The monoisotopic (exact) mass is 242 g/mol. The number of hydrogen-bond donors (Lipinski definition) is 1. The van der Waals surface area contributed by atoms with Crippen LogP contribution >= 0.6 is 0 Å². The van der Waals surface area contributed by atoms with E-state index in [0.717, 1.165) is 18.9 Å². The Labute approximate surface area is 95.5 Å².